The zero-order valence-corrected chi connectivity index (χ0v) is 19.0. The number of amides is 2. The predicted molar refractivity (Wildman–Crippen MR) is 125 cm³/mol. The van der Waals surface area contributed by atoms with Crippen molar-refractivity contribution in [2.45, 2.75) is 25.5 Å². The summed E-state index contributed by atoms with van der Waals surface area (Å²) in [5.41, 5.74) is 1.66. The van der Waals surface area contributed by atoms with E-state index in [1.54, 1.807) is 53.4 Å². The Morgan fingerprint density at radius 2 is 1.78 bits per heavy atom. The Hall–Kier alpha value is -3.33. The molecule has 2 amide bonds. The van der Waals surface area contributed by atoms with Gasteiger partial charge in [0.15, 0.2) is 5.17 Å². The standard InChI is InChI=1S/C23H25N3O5S/c1-4-26-21(28)19(14-20(27)24-16-10-12-18(13-11-16)31-5-2)32-23(26)25-17-8-6-15(7-9-17)22(29)30-3/h6-13,19H,4-5,14H2,1-3H3,(H,24,27). The number of ether oxygens (including phenoxy) is 2. The van der Waals surface area contributed by atoms with Gasteiger partial charge in [0.1, 0.15) is 11.0 Å². The number of hydrogen-bond acceptors (Lipinski definition) is 7. The average Bonchev–Trinajstić information content (AvgIpc) is 3.08. The largest absolute Gasteiger partial charge is 0.494 e. The molecule has 3 rings (SSSR count). The number of carbonyl (C=O) groups is 3. The SMILES string of the molecule is CCOc1ccc(NC(=O)CC2SC(=Nc3ccc(C(=O)OC)cc3)N(CC)C2=O)cc1. The topological polar surface area (TPSA) is 97.3 Å². The summed E-state index contributed by atoms with van der Waals surface area (Å²) in [7, 11) is 1.32. The number of hydrogen-bond donors (Lipinski definition) is 1. The second kappa shape index (κ2) is 10.8. The fourth-order valence-corrected chi connectivity index (χ4v) is 4.32. The lowest BCUT2D eigenvalue weighted by atomic mass is 10.2. The molecule has 0 aromatic heterocycles. The molecule has 1 fully saturated rings. The molecule has 8 nitrogen and oxygen atoms in total. The first-order chi connectivity index (χ1) is 15.4. The lowest BCUT2D eigenvalue weighted by Gasteiger charge is -2.13. The van der Waals surface area contributed by atoms with E-state index in [1.807, 2.05) is 13.8 Å². The molecule has 0 spiro atoms. The van der Waals surface area contributed by atoms with Crippen molar-refractivity contribution in [3.05, 3.63) is 54.1 Å². The number of benzene rings is 2. The van der Waals surface area contributed by atoms with Gasteiger partial charge < -0.3 is 14.8 Å². The maximum atomic E-state index is 12.8. The normalized spacial score (nSPS) is 16.8. The Labute approximate surface area is 191 Å². The summed E-state index contributed by atoms with van der Waals surface area (Å²) >= 11 is 1.26. The lowest BCUT2D eigenvalue weighted by Crippen LogP contribution is -2.33. The Balaban J connectivity index is 1.65. The first-order valence-corrected chi connectivity index (χ1v) is 11.1. The van der Waals surface area contributed by atoms with Crippen molar-refractivity contribution in [3.63, 3.8) is 0 Å². The summed E-state index contributed by atoms with van der Waals surface area (Å²) in [5.74, 6) is -0.0986. The highest BCUT2D eigenvalue weighted by atomic mass is 32.2. The molecule has 9 heteroatoms. The summed E-state index contributed by atoms with van der Waals surface area (Å²) in [6.07, 6.45) is 0.0352. The molecule has 0 bridgehead atoms. The van der Waals surface area contributed by atoms with Crippen LogP contribution in [-0.4, -0.2) is 53.4 Å². The van der Waals surface area contributed by atoms with Crippen LogP contribution in [0.2, 0.25) is 0 Å². The van der Waals surface area contributed by atoms with Crippen LogP contribution in [0.5, 0.6) is 5.75 Å². The molecule has 1 heterocycles. The van der Waals surface area contributed by atoms with Crippen LogP contribution >= 0.6 is 11.8 Å². The molecule has 168 valence electrons. The molecule has 2 aromatic rings. The zero-order valence-electron chi connectivity index (χ0n) is 18.2. The van der Waals surface area contributed by atoms with Gasteiger partial charge in [-0.1, -0.05) is 11.8 Å². The summed E-state index contributed by atoms with van der Waals surface area (Å²) in [5, 5.41) is 2.80. The molecule has 1 unspecified atom stereocenters. The van der Waals surface area contributed by atoms with Crippen LogP contribution in [0.25, 0.3) is 0 Å². The third kappa shape index (κ3) is 5.67. The van der Waals surface area contributed by atoms with E-state index < -0.39 is 11.2 Å². The van der Waals surface area contributed by atoms with Gasteiger partial charge in [0.2, 0.25) is 11.8 Å². The van der Waals surface area contributed by atoms with E-state index in [-0.39, 0.29) is 18.2 Å². The van der Waals surface area contributed by atoms with Gasteiger partial charge in [-0.05, 0) is 62.4 Å². The van der Waals surface area contributed by atoms with Crippen LogP contribution in [0.15, 0.2) is 53.5 Å². The van der Waals surface area contributed by atoms with Gasteiger partial charge >= 0.3 is 5.97 Å². The quantitative estimate of drug-likeness (QED) is 0.607. The number of methoxy groups -OCH3 is 1. The van der Waals surface area contributed by atoms with Crippen LogP contribution in [0.3, 0.4) is 0 Å². The molecule has 2 aromatic carbocycles. The van der Waals surface area contributed by atoms with Crippen molar-refractivity contribution < 1.29 is 23.9 Å². The number of nitrogens with zero attached hydrogens (tertiary/aromatic N) is 2. The minimum Gasteiger partial charge on any atom is -0.494 e. The highest BCUT2D eigenvalue weighted by molar-refractivity contribution is 8.15. The van der Waals surface area contributed by atoms with Crippen molar-refractivity contribution in [1.82, 2.24) is 4.90 Å². The fourth-order valence-electron chi connectivity index (χ4n) is 3.10. The zero-order chi connectivity index (χ0) is 23.1. The van der Waals surface area contributed by atoms with E-state index in [9.17, 15) is 14.4 Å². The molecule has 1 aliphatic rings. The number of carbonyl (C=O) groups excluding carboxylic acids is 3. The van der Waals surface area contributed by atoms with Crippen LogP contribution in [0.1, 0.15) is 30.6 Å². The van der Waals surface area contributed by atoms with E-state index in [1.165, 1.54) is 18.9 Å². The molecule has 1 atom stereocenters. The Kier molecular flexibility index (Phi) is 7.88. The summed E-state index contributed by atoms with van der Waals surface area (Å²) in [4.78, 5) is 43.0. The predicted octanol–water partition coefficient (Wildman–Crippen LogP) is 3.85. The maximum Gasteiger partial charge on any atom is 0.337 e. The molecule has 32 heavy (non-hydrogen) atoms. The number of nitrogens with one attached hydrogen (secondary N) is 1. The number of aliphatic imine (C=N–C) groups is 1. The first kappa shape index (κ1) is 23.3. The maximum absolute atomic E-state index is 12.8. The van der Waals surface area contributed by atoms with E-state index in [2.05, 4.69) is 10.3 Å². The lowest BCUT2D eigenvalue weighted by molar-refractivity contribution is -0.128. The van der Waals surface area contributed by atoms with Gasteiger partial charge in [-0.2, -0.15) is 0 Å². The molecule has 1 saturated heterocycles. The van der Waals surface area contributed by atoms with Gasteiger partial charge in [-0.15, -0.1) is 0 Å². The molecule has 1 N–H and O–H groups in total. The summed E-state index contributed by atoms with van der Waals surface area (Å²) in [6, 6.07) is 13.7. The third-order valence-electron chi connectivity index (χ3n) is 4.67. The Bertz CT molecular complexity index is 1010. The molecule has 0 saturated carbocycles. The van der Waals surface area contributed by atoms with Crippen molar-refractivity contribution in [3.8, 4) is 5.75 Å². The second-order valence-electron chi connectivity index (χ2n) is 6.83. The fraction of sp³-hybridized carbons (Fsp3) is 0.304. The smallest absolute Gasteiger partial charge is 0.337 e. The summed E-state index contributed by atoms with van der Waals surface area (Å²) in [6.45, 7) is 4.78. The van der Waals surface area contributed by atoms with Gasteiger partial charge in [0.05, 0.1) is 25.0 Å². The Morgan fingerprint density at radius 3 is 2.38 bits per heavy atom. The van der Waals surface area contributed by atoms with Crippen LogP contribution in [-0.2, 0) is 14.3 Å². The Morgan fingerprint density at radius 1 is 1.09 bits per heavy atom. The van der Waals surface area contributed by atoms with Crippen LogP contribution in [0.4, 0.5) is 11.4 Å². The number of thioether (sulfide) groups is 1. The minimum absolute atomic E-state index is 0.0352. The van der Waals surface area contributed by atoms with Crippen molar-refractivity contribution in [2.24, 2.45) is 4.99 Å². The monoisotopic (exact) mass is 455 g/mol. The van der Waals surface area contributed by atoms with Crippen LogP contribution < -0.4 is 10.1 Å². The minimum atomic E-state index is -0.550. The molecule has 1 aliphatic heterocycles. The number of anilines is 1. The average molecular weight is 456 g/mol. The molecular weight excluding hydrogens is 430 g/mol. The highest BCUT2D eigenvalue weighted by Crippen LogP contribution is 2.32. The van der Waals surface area contributed by atoms with Gasteiger partial charge in [0, 0.05) is 18.7 Å². The van der Waals surface area contributed by atoms with Gasteiger partial charge in [0.25, 0.3) is 0 Å². The van der Waals surface area contributed by atoms with Gasteiger partial charge in [-0.3, -0.25) is 14.5 Å². The van der Waals surface area contributed by atoms with E-state index in [0.29, 0.717) is 35.3 Å². The number of amidine groups is 1. The first-order valence-electron chi connectivity index (χ1n) is 10.2. The molecule has 0 aliphatic carbocycles. The molecular formula is C23H25N3O5S. The summed E-state index contributed by atoms with van der Waals surface area (Å²) < 4.78 is 10.1. The van der Waals surface area contributed by atoms with Gasteiger partial charge in [-0.25, -0.2) is 9.79 Å². The highest BCUT2D eigenvalue weighted by Gasteiger charge is 2.38. The van der Waals surface area contributed by atoms with Crippen molar-refractivity contribution in [2.75, 3.05) is 25.6 Å². The van der Waals surface area contributed by atoms with Crippen molar-refractivity contribution in [1.29, 1.82) is 0 Å². The second-order valence-corrected chi connectivity index (χ2v) is 8.00. The van der Waals surface area contributed by atoms with E-state index >= 15 is 0 Å². The van der Waals surface area contributed by atoms with E-state index in [4.69, 9.17) is 9.47 Å². The van der Waals surface area contributed by atoms with Crippen LogP contribution in [0, 0.1) is 0 Å². The number of esters is 1. The number of rotatable bonds is 8. The third-order valence-corrected chi connectivity index (χ3v) is 5.84. The van der Waals surface area contributed by atoms with Crippen molar-refractivity contribution >= 4 is 46.1 Å². The van der Waals surface area contributed by atoms with E-state index in [0.717, 1.165) is 5.75 Å². The molecule has 0 radical (unpaired) electrons.